The number of nitrogens with zero attached hydrogens (tertiary/aromatic N) is 2. The van der Waals surface area contributed by atoms with Gasteiger partial charge in [0.25, 0.3) is 0 Å². The maximum absolute atomic E-state index is 8.52. The second-order valence-electron chi connectivity index (χ2n) is 2.93. The number of nitrogens with one attached hydrogen (secondary N) is 2. The molecule has 0 unspecified atom stereocenters. The van der Waals surface area contributed by atoms with Crippen LogP contribution < -0.4 is 10.6 Å². The number of nitriles is 1. The normalized spacial score (nSPS) is 21.9. The van der Waals surface area contributed by atoms with Crippen molar-refractivity contribution < 1.29 is 0 Å². The summed E-state index contributed by atoms with van der Waals surface area (Å²) in [5.41, 5.74) is 0. The monoisotopic (exact) mass is 168 g/mol. The Morgan fingerprint density at radius 2 is 1.67 bits per heavy atom. The van der Waals surface area contributed by atoms with E-state index in [-0.39, 0.29) is 0 Å². The van der Waals surface area contributed by atoms with E-state index in [1.807, 2.05) is 0 Å². The van der Waals surface area contributed by atoms with Crippen LogP contribution in [0.3, 0.4) is 0 Å². The first-order chi connectivity index (χ1) is 5.93. The van der Waals surface area contributed by atoms with Crippen molar-refractivity contribution in [3.05, 3.63) is 0 Å². The minimum absolute atomic E-state index is 0.545. The van der Waals surface area contributed by atoms with Crippen molar-refractivity contribution in [2.75, 3.05) is 45.8 Å². The topological polar surface area (TPSA) is 51.1 Å². The summed E-state index contributed by atoms with van der Waals surface area (Å²) < 4.78 is 0. The highest BCUT2D eigenvalue weighted by Crippen LogP contribution is 1.86. The number of hydrogen-bond acceptors (Lipinski definition) is 4. The smallest absolute Gasteiger partial charge is 0.0866 e. The molecular formula is C8H16N4. The fraction of sp³-hybridized carbons (Fsp3) is 0.875. The largest absolute Gasteiger partial charge is 0.314 e. The Bertz CT molecular complexity index is 142. The molecule has 1 aliphatic heterocycles. The summed E-state index contributed by atoms with van der Waals surface area (Å²) >= 11 is 0. The minimum Gasteiger partial charge on any atom is -0.314 e. The van der Waals surface area contributed by atoms with Gasteiger partial charge in [-0.2, -0.15) is 5.26 Å². The van der Waals surface area contributed by atoms with Crippen LogP contribution in [0.2, 0.25) is 0 Å². The zero-order valence-corrected chi connectivity index (χ0v) is 7.34. The predicted octanol–water partition coefficient (Wildman–Crippen LogP) is -0.995. The Morgan fingerprint density at radius 1 is 1.08 bits per heavy atom. The summed E-state index contributed by atoms with van der Waals surface area (Å²) in [5.74, 6) is 0. The van der Waals surface area contributed by atoms with Crippen molar-refractivity contribution in [3.8, 4) is 6.07 Å². The van der Waals surface area contributed by atoms with Gasteiger partial charge in [-0.25, -0.2) is 0 Å². The SMILES string of the molecule is N#CCN1CCNCCNCC1. The molecule has 68 valence electrons. The Hall–Kier alpha value is -0.630. The Morgan fingerprint density at radius 3 is 2.17 bits per heavy atom. The van der Waals surface area contributed by atoms with Crippen molar-refractivity contribution in [3.63, 3.8) is 0 Å². The van der Waals surface area contributed by atoms with Crippen LogP contribution in [0.25, 0.3) is 0 Å². The number of hydrogen-bond donors (Lipinski definition) is 2. The Balaban J connectivity index is 2.24. The summed E-state index contributed by atoms with van der Waals surface area (Å²) in [5, 5.41) is 15.1. The standard InChI is InChI=1S/C8H16N4/c9-1-6-12-7-4-10-2-3-11-5-8-12/h10-11H,2-8H2. The van der Waals surface area contributed by atoms with E-state index >= 15 is 0 Å². The van der Waals surface area contributed by atoms with Crippen molar-refractivity contribution in [1.82, 2.24) is 15.5 Å². The van der Waals surface area contributed by atoms with E-state index in [2.05, 4.69) is 21.6 Å². The van der Waals surface area contributed by atoms with Gasteiger partial charge in [0.2, 0.25) is 0 Å². The van der Waals surface area contributed by atoms with Crippen LogP contribution in [0.15, 0.2) is 0 Å². The van der Waals surface area contributed by atoms with Gasteiger partial charge in [-0.3, -0.25) is 4.90 Å². The van der Waals surface area contributed by atoms with Gasteiger partial charge in [0.1, 0.15) is 0 Å². The average molecular weight is 168 g/mol. The van der Waals surface area contributed by atoms with Crippen molar-refractivity contribution in [1.29, 1.82) is 5.26 Å². The highest BCUT2D eigenvalue weighted by atomic mass is 15.2. The lowest BCUT2D eigenvalue weighted by molar-refractivity contribution is 0.313. The van der Waals surface area contributed by atoms with Gasteiger partial charge < -0.3 is 10.6 Å². The molecule has 0 aromatic carbocycles. The molecule has 2 N–H and O–H groups in total. The first-order valence-electron chi connectivity index (χ1n) is 4.44. The summed E-state index contributed by atoms with van der Waals surface area (Å²) in [6.45, 7) is 6.54. The highest BCUT2D eigenvalue weighted by molar-refractivity contribution is 4.77. The Kier molecular flexibility index (Phi) is 4.69. The second kappa shape index (κ2) is 5.95. The molecule has 0 radical (unpaired) electrons. The van der Waals surface area contributed by atoms with Crippen LogP contribution >= 0.6 is 0 Å². The second-order valence-corrected chi connectivity index (χ2v) is 2.93. The van der Waals surface area contributed by atoms with E-state index in [1.54, 1.807) is 0 Å². The summed E-state index contributed by atoms with van der Waals surface area (Å²) in [4.78, 5) is 2.16. The summed E-state index contributed by atoms with van der Waals surface area (Å²) in [7, 11) is 0. The van der Waals surface area contributed by atoms with Gasteiger partial charge >= 0.3 is 0 Å². The average Bonchev–Trinajstić information content (AvgIpc) is 2.19. The summed E-state index contributed by atoms with van der Waals surface area (Å²) in [6.07, 6.45) is 0. The van der Waals surface area contributed by atoms with Gasteiger partial charge in [0.15, 0.2) is 0 Å². The molecule has 0 saturated carbocycles. The minimum atomic E-state index is 0.545. The zero-order chi connectivity index (χ0) is 8.65. The van der Waals surface area contributed by atoms with E-state index in [0.717, 1.165) is 39.3 Å². The lowest BCUT2D eigenvalue weighted by atomic mass is 10.4. The highest BCUT2D eigenvalue weighted by Gasteiger charge is 2.04. The Labute approximate surface area is 73.5 Å². The van der Waals surface area contributed by atoms with Gasteiger partial charge in [-0.1, -0.05) is 0 Å². The van der Waals surface area contributed by atoms with Gasteiger partial charge in [-0.15, -0.1) is 0 Å². The third-order valence-corrected chi connectivity index (χ3v) is 1.98. The van der Waals surface area contributed by atoms with E-state index in [1.165, 1.54) is 0 Å². The number of rotatable bonds is 1. The zero-order valence-electron chi connectivity index (χ0n) is 7.34. The molecule has 4 heteroatoms. The molecule has 0 aliphatic carbocycles. The molecule has 0 atom stereocenters. The maximum atomic E-state index is 8.52. The lowest BCUT2D eigenvalue weighted by Gasteiger charge is -2.17. The molecule has 1 saturated heterocycles. The molecule has 4 nitrogen and oxygen atoms in total. The van der Waals surface area contributed by atoms with Crippen molar-refractivity contribution in [2.24, 2.45) is 0 Å². The molecule has 1 fully saturated rings. The van der Waals surface area contributed by atoms with Gasteiger partial charge in [0, 0.05) is 39.3 Å². The third kappa shape index (κ3) is 3.67. The van der Waals surface area contributed by atoms with E-state index in [9.17, 15) is 0 Å². The van der Waals surface area contributed by atoms with Crippen LogP contribution in [0.1, 0.15) is 0 Å². The molecule has 0 aromatic heterocycles. The molecule has 0 amide bonds. The third-order valence-electron chi connectivity index (χ3n) is 1.98. The fourth-order valence-corrected chi connectivity index (χ4v) is 1.27. The molecule has 1 heterocycles. The molecule has 1 aliphatic rings. The van der Waals surface area contributed by atoms with Crippen LogP contribution in [0.4, 0.5) is 0 Å². The maximum Gasteiger partial charge on any atom is 0.0866 e. The molecular weight excluding hydrogens is 152 g/mol. The summed E-state index contributed by atoms with van der Waals surface area (Å²) in [6, 6.07) is 2.18. The first-order valence-corrected chi connectivity index (χ1v) is 4.44. The van der Waals surface area contributed by atoms with Crippen LogP contribution in [0.5, 0.6) is 0 Å². The van der Waals surface area contributed by atoms with Crippen molar-refractivity contribution >= 4 is 0 Å². The molecule has 1 rings (SSSR count). The predicted molar refractivity (Wildman–Crippen MR) is 47.8 cm³/mol. The van der Waals surface area contributed by atoms with Gasteiger partial charge in [0.05, 0.1) is 12.6 Å². The van der Waals surface area contributed by atoms with Crippen LogP contribution in [-0.4, -0.2) is 50.7 Å². The lowest BCUT2D eigenvalue weighted by Crippen LogP contribution is -2.34. The van der Waals surface area contributed by atoms with Crippen molar-refractivity contribution in [2.45, 2.75) is 0 Å². The molecule has 0 spiro atoms. The molecule has 0 bridgehead atoms. The van der Waals surface area contributed by atoms with Crippen LogP contribution in [0, 0.1) is 11.3 Å². The first kappa shape index (κ1) is 9.46. The van der Waals surface area contributed by atoms with E-state index in [0.29, 0.717) is 6.54 Å². The molecule has 12 heavy (non-hydrogen) atoms. The quantitative estimate of drug-likeness (QED) is 0.493. The fourth-order valence-electron chi connectivity index (χ4n) is 1.27. The van der Waals surface area contributed by atoms with E-state index in [4.69, 9.17) is 5.26 Å². The van der Waals surface area contributed by atoms with E-state index < -0.39 is 0 Å². The van der Waals surface area contributed by atoms with Crippen LogP contribution in [-0.2, 0) is 0 Å². The molecule has 0 aromatic rings. The van der Waals surface area contributed by atoms with Gasteiger partial charge in [-0.05, 0) is 0 Å².